The SMILES string of the molecule is CCCCCCCCCC(COCC)NCC. The van der Waals surface area contributed by atoms with Crippen LogP contribution in [0.1, 0.15) is 72.1 Å². The minimum atomic E-state index is 0.565. The predicted molar refractivity (Wildman–Crippen MR) is 76.6 cm³/mol. The van der Waals surface area contributed by atoms with Crippen molar-refractivity contribution in [2.45, 2.75) is 78.2 Å². The fourth-order valence-corrected chi connectivity index (χ4v) is 2.14. The van der Waals surface area contributed by atoms with Crippen LogP contribution in [0.25, 0.3) is 0 Å². The third-order valence-corrected chi connectivity index (χ3v) is 3.17. The fraction of sp³-hybridized carbons (Fsp3) is 1.00. The van der Waals surface area contributed by atoms with Gasteiger partial charge in [0.05, 0.1) is 6.61 Å². The molecule has 0 aromatic carbocycles. The molecule has 0 amide bonds. The Bertz CT molecular complexity index is 139. The molecule has 0 spiro atoms. The van der Waals surface area contributed by atoms with Gasteiger partial charge in [0, 0.05) is 12.6 Å². The maximum atomic E-state index is 5.50. The van der Waals surface area contributed by atoms with Crippen molar-refractivity contribution in [2.75, 3.05) is 19.8 Å². The number of likely N-dealkylation sites (N-methyl/N-ethyl adjacent to an activating group) is 1. The highest BCUT2D eigenvalue weighted by molar-refractivity contribution is 4.65. The first-order valence-corrected chi connectivity index (χ1v) is 7.66. The maximum Gasteiger partial charge on any atom is 0.0619 e. The van der Waals surface area contributed by atoms with Crippen LogP contribution < -0.4 is 5.32 Å². The van der Waals surface area contributed by atoms with E-state index in [1.807, 2.05) is 0 Å². The van der Waals surface area contributed by atoms with Gasteiger partial charge in [0.25, 0.3) is 0 Å². The smallest absolute Gasteiger partial charge is 0.0619 e. The van der Waals surface area contributed by atoms with Gasteiger partial charge in [-0.2, -0.15) is 0 Å². The Balaban J connectivity index is 3.34. The summed E-state index contributed by atoms with van der Waals surface area (Å²) in [6, 6.07) is 0.565. The number of hydrogen-bond acceptors (Lipinski definition) is 2. The van der Waals surface area contributed by atoms with Crippen molar-refractivity contribution in [2.24, 2.45) is 0 Å². The second kappa shape index (κ2) is 14.0. The second-order valence-electron chi connectivity index (χ2n) is 4.82. The molecule has 0 aliphatic heterocycles. The molecule has 0 bridgehead atoms. The standard InChI is InChI=1S/C15H33NO/c1-4-7-8-9-10-11-12-13-15(16-5-2)14-17-6-3/h15-16H,4-14H2,1-3H3. The van der Waals surface area contributed by atoms with Crippen LogP contribution in [0.3, 0.4) is 0 Å². The summed E-state index contributed by atoms with van der Waals surface area (Å²) < 4.78 is 5.50. The minimum absolute atomic E-state index is 0.565. The van der Waals surface area contributed by atoms with Gasteiger partial charge in [0.15, 0.2) is 0 Å². The highest BCUT2D eigenvalue weighted by Gasteiger charge is 2.06. The van der Waals surface area contributed by atoms with Crippen LogP contribution in [0.2, 0.25) is 0 Å². The topological polar surface area (TPSA) is 21.3 Å². The zero-order valence-electron chi connectivity index (χ0n) is 12.3. The van der Waals surface area contributed by atoms with Crippen LogP contribution in [0.15, 0.2) is 0 Å². The van der Waals surface area contributed by atoms with Crippen LogP contribution in [0.4, 0.5) is 0 Å². The third-order valence-electron chi connectivity index (χ3n) is 3.17. The van der Waals surface area contributed by atoms with E-state index in [4.69, 9.17) is 4.74 Å². The van der Waals surface area contributed by atoms with Crippen LogP contribution in [-0.2, 0) is 4.74 Å². The van der Waals surface area contributed by atoms with Crippen LogP contribution in [-0.4, -0.2) is 25.8 Å². The Morgan fingerprint density at radius 1 is 0.882 bits per heavy atom. The molecule has 1 unspecified atom stereocenters. The summed E-state index contributed by atoms with van der Waals surface area (Å²) in [5.41, 5.74) is 0. The van der Waals surface area contributed by atoms with E-state index in [0.717, 1.165) is 19.8 Å². The van der Waals surface area contributed by atoms with E-state index in [1.165, 1.54) is 51.4 Å². The lowest BCUT2D eigenvalue weighted by Crippen LogP contribution is -2.33. The van der Waals surface area contributed by atoms with Crippen molar-refractivity contribution >= 4 is 0 Å². The third kappa shape index (κ3) is 12.2. The Morgan fingerprint density at radius 2 is 1.53 bits per heavy atom. The lowest BCUT2D eigenvalue weighted by atomic mass is 10.1. The van der Waals surface area contributed by atoms with E-state index in [1.54, 1.807) is 0 Å². The van der Waals surface area contributed by atoms with E-state index < -0.39 is 0 Å². The fourth-order valence-electron chi connectivity index (χ4n) is 2.14. The Labute approximate surface area is 109 Å². The number of hydrogen-bond donors (Lipinski definition) is 1. The minimum Gasteiger partial charge on any atom is -0.380 e. The molecule has 0 heterocycles. The zero-order valence-corrected chi connectivity index (χ0v) is 12.3. The van der Waals surface area contributed by atoms with E-state index in [2.05, 4.69) is 26.1 Å². The summed E-state index contributed by atoms with van der Waals surface area (Å²) in [5.74, 6) is 0. The van der Waals surface area contributed by atoms with E-state index in [-0.39, 0.29) is 0 Å². The molecule has 1 N–H and O–H groups in total. The molecule has 0 rings (SSSR count). The summed E-state index contributed by atoms with van der Waals surface area (Å²) in [5, 5.41) is 3.50. The van der Waals surface area contributed by atoms with Gasteiger partial charge in [0.1, 0.15) is 0 Å². The van der Waals surface area contributed by atoms with Crippen molar-refractivity contribution in [1.82, 2.24) is 5.32 Å². The molecule has 0 aromatic heterocycles. The largest absolute Gasteiger partial charge is 0.380 e. The summed E-state index contributed by atoms with van der Waals surface area (Å²) in [4.78, 5) is 0. The van der Waals surface area contributed by atoms with E-state index in [9.17, 15) is 0 Å². The van der Waals surface area contributed by atoms with Gasteiger partial charge in [-0.05, 0) is 19.9 Å². The molecule has 0 radical (unpaired) electrons. The second-order valence-corrected chi connectivity index (χ2v) is 4.82. The molecule has 0 saturated carbocycles. The normalized spacial score (nSPS) is 12.9. The first kappa shape index (κ1) is 16.9. The highest BCUT2D eigenvalue weighted by atomic mass is 16.5. The molecule has 0 aromatic rings. The number of unbranched alkanes of at least 4 members (excludes halogenated alkanes) is 6. The molecule has 0 aliphatic carbocycles. The van der Waals surface area contributed by atoms with Crippen LogP contribution >= 0.6 is 0 Å². The molecule has 2 nitrogen and oxygen atoms in total. The number of nitrogens with one attached hydrogen (secondary N) is 1. The highest BCUT2D eigenvalue weighted by Crippen LogP contribution is 2.10. The van der Waals surface area contributed by atoms with Crippen molar-refractivity contribution in [3.05, 3.63) is 0 Å². The zero-order chi connectivity index (χ0) is 12.8. The Morgan fingerprint density at radius 3 is 2.12 bits per heavy atom. The maximum absolute atomic E-state index is 5.50. The quantitative estimate of drug-likeness (QED) is 0.491. The van der Waals surface area contributed by atoms with Gasteiger partial charge in [0.2, 0.25) is 0 Å². The van der Waals surface area contributed by atoms with Gasteiger partial charge < -0.3 is 10.1 Å². The van der Waals surface area contributed by atoms with E-state index in [0.29, 0.717) is 6.04 Å². The summed E-state index contributed by atoms with van der Waals surface area (Å²) in [7, 11) is 0. The van der Waals surface area contributed by atoms with Gasteiger partial charge in [-0.25, -0.2) is 0 Å². The van der Waals surface area contributed by atoms with Crippen molar-refractivity contribution in [3.63, 3.8) is 0 Å². The van der Waals surface area contributed by atoms with Crippen molar-refractivity contribution < 1.29 is 4.74 Å². The molecule has 1 atom stereocenters. The molecular formula is C15H33NO. The number of rotatable bonds is 13. The van der Waals surface area contributed by atoms with Gasteiger partial charge in [-0.3, -0.25) is 0 Å². The lowest BCUT2D eigenvalue weighted by molar-refractivity contribution is 0.119. The van der Waals surface area contributed by atoms with Crippen LogP contribution in [0, 0.1) is 0 Å². The molecule has 0 aliphatic rings. The average Bonchev–Trinajstić information content (AvgIpc) is 2.34. The first-order valence-electron chi connectivity index (χ1n) is 7.66. The Kier molecular flexibility index (Phi) is 13.9. The van der Waals surface area contributed by atoms with Crippen molar-refractivity contribution in [1.29, 1.82) is 0 Å². The van der Waals surface area contributed by atoms with Gasteiger partial charge in [-0.15, -0.1) is 0 Å². The number of ether oxygens (including phenoxy) is 1. The molecule has 17 heavy (non-hydrogen) atoms. The van der Waals surface area contributed by atoms with Crippen molar-refractivity contribution in [3.8, 4) is 0 Å². The molecular weight excluding hydrogens is 210 g/mol. The first-order chi connectivity index (χ1) is 8.35. The van der Waals surface area contributed by atoms with Gasteiger partial charge >= 0.3 is 0 Å². The Hall–Kier alpha value is -0.0800. The van der Waals surface area contributed by atoms with Gasteiger partial charge in [-0.1, -0.05) is 58.8 Å². The lowest BCUT2D eigenvalue weighted by Gasteiger charge is -2.17. The molecule has 104 valence electrons. The predicted octanol–water partition coefficient (Wildman–Crippen LogP) is 4.14. The monoisotopic (exact) mass is 243 g/mol. The van der Waals surface area contributed by atoms with E-state index >= 15 is 0 Å². The summed E-state index contributed by atoms with van der Waals surface area (Å²) in [6.45, 7) is 9.27. The molecule has 0 saturated heterocycles. The average molecular weight is 243 g/mol. The molecule has 0 fully saturated rings. The summed E-state index contributed by atoms with van der Waals surface area (Å²) in [6.07, 6.45) is 11.0. The molecule has 2 heteroatoms. The summed E-state index contributed by atoms with van der Waals surface area (Å²) >= 11 is 0. The van der Waals surface area contributed by atoms with Crippen LogP contribution in [0.5, 0.6) is 0 Å².